The molecule has 2 aromatic rings. The molecule has 0 fully saturated rings. The summed E-state index contributed by atoms with van der Waals surface area (Å²) in [4.78, 5) is 24.0. The smallest absolute Gasteiger partial charge is 0.337 e. The minimum Gasteiger partial charge on any atom is -0.493 e. The molecule has 0 spiro atoms. The minimum absolute atomic E-state index is 0.253. The number of hydrogen-bond acceptors (Lipinski definition) is 5. The van der Waals surface area contributed by atoms with Crippen LogP contribution in [0.2, 0.25) is 0 Å². The van der Waals surface area contributed by atoms with Gasteiger partial charge in [-0.3, -0.25) is 0 Å². The summed E-state index contributed by atoms with van der Waals surface area (Å²) < 4.78 is 15.9. The van der Waals surface area contributed by atoms with Gasteiger partial charge in [-0.1, -0.05) is 26.0 Å². The van der Waals surface area contributed by atoms with Crippen LogP contribution < -0.4 is 20.1 Å². The average Bonchev–Trinajstić information content (AvgIpc) is 2.76. The van der Waals surface area contributed by atoms with E-state index in [0.717, 1.165) is 18.4 Å². The molecule has 0 aromatic heterocycles. The first-order valence-corrected chi connectivity index (χ1v) is 10.4. The summed E-state index contributed by atoms with van der Waals surface area (Å²) in [6, 6.07) is 11.6. The van der Waals surface area contributed by atoms with Gasteiger partial charge >= 0.3 is 12.0 Å². The Morgan fingerprint density at radius 3 is 2.29 bits per heavy atom. The number of amides is 2. The van der Waals surface area contributed by atoms with Crippen molar-refractivity contribution in [1.82, 2.24) is 5.32 Å². The van der Waals surface area contributed by atoms with Crippen molar-refractivity contribution in [3.05, 3.63) is 53.6 Å². The van der Waals surface area contributed by atoms with Crippen LogP contribution in [0.4, 0.5) is 10.5 Å². The highest BCUT2D eigenvalue weighted by molar-refractivity contribution is 5.90. The van der Waals surface area contributed by atoms with Crippen LogP contribution in [0.15, 0.2) is 42.5 Å². The zero-order valence-corrected chi connectivity index (χ0v) is 18.9. The lowest BCUT2D eigenvalue weighted by molar-refractivity contribution is 0.0600. The summed E-state index contributed by atoms with van der Waals surface area (Å²) in [5.74, 6) is 1.44. The van der Waals surface area contributed by atoms with Gasteiger partial charge in [0.25, 0.3) is 0 Å². The van der Waals surface area contributed by atoms with Crippen molar-refractivity contribution in [3.8, 4) is 11.5 Å². The number of rotatable bonds is 10. The molecule has 0 heterocycles. The number of hydrogen-bond donors (Lipinski definition) is 2. The maximum Gasteiger partial charge on any atom is 0.337 e. The highest BCUT2D eigenvalue weighted by atomic mass is 16.5. The first-order valence-electron chi connectivity index (χ1n) is 10.4. The highest BCUT2D eigenvalue weighted by Gasteiger charge is 2.13. The molecule has 31 heavy (non-hydrogen) atoms. The van der Waals surface area contributed by atoms with Gasteiger partial charge in [-0.2, -0.15) is 0 Å². The number of nitrogens with one attached hydrogen (secondary N) is 2. The predicted molar refractivity (Wildman–Crippen MR) is 121 cm³/mol. The summed E-state index contributed by atoms with van der Waals surface area (Å²) in [7, 11) is 2.93. The Kier molecular flexibility index (Phi) is 9.18. The molecule has 7 heteroatoms. The molecule has 1 unspecified atom stereocenters. The Labute approximate surface area is 184 Å². The van der Waals surface area contributed by atoms with Gasteiger partial charge < -0.3 is 24.8 Å². The molecule has 1 atom stereocenters. The van der Waals surface area contributed by atoms with Gasteiger partial charge in [0.1, 0.15) is 0 Å². The normalized spacial score (nSPS) is 11.5. The second-order valence-corrected chi connectivity index (χ2v) is 7.68. The number of ether oxygens (including phenoxy) is 3. The molecule has 2 N–H and O–H groups in total. The topological polar surface area (TPSA) is 85.9 Å². The molecule has 0 aliphatic heterocycles. The van der Waals surface area contributed by atoms with Gasteiger partial charge in [0.15, 0.2) is 11.5 Å². The van der Waals surface area contributed by atoms with Gasteiger partial charge in [-0.15, -0.1) is 0 Å². The maximum atomic E-state index is 12.5. The number of methoxy groups -OCH3 is 2. The van der Waals surface area contributed by atoms with E-state index in [1.165, 1.54) is 7.11 Å². The molecule has 2 aromatic carbocycles. The lowest BCUT2D eigenvalue weighted by Crippen LogP contribution is -2.31. The van der Waals surface area contributed by atoms with Crippen LogP contribution in [-0.2, 0) is 4.74 Å². The summed E-state index contributed by atoms with van der Waals surface area (Å²) in [6.07, 6.45) is 2.03. The Morgan fingerprint density at radius 1 is 0.968 bits per heavy atom. The summed E-state index contributed by atoms with van der Waals surface area (Å²) in [6.45, 7) is 6.81. The van der Waals surface area contributed by atoms with Crippen LogP contribution in [-0.4, -0.2) is 32.8 Å². The number of urea groups is 1. The first-order chi connectivity index (χ1) is 14.8. The molecule has 0 saturated heterocycles. The second-order valence-electron chi connectivity index (χ2n) is 7.68. The third-order valence-electron chi connectivity index (χ3n) is 4.78. The molecule has 7 nitrogen and oxygen atoms in total. The third-order valence-corrected chi connectivity index (χ3v) is 4.78. The van der Waals surface area contributed by atoms with Gasteiger partial charge in [0.05, 0.1) is 32.4 Å². The predicted octanol–water partition coefficient (Wildman–Crippen LogP) is 5.18. The van der Waals surface area contributed by atoms with Crippen LogP contribution in [0.25, 0.3) is 0 Å². The Morgan fingerprint density at radius 2 is 1.68 bits per heavy atom. The fourth-order valence-electron chi connectivity index (χ4n) is 3.01. The first kappa shape index (κ1) is 24.1. The quantitative estimate of drug-likeness (QED) is 0.402. The Bertz CT molecular complexity index is 865. The van der Waals surface area contributed by atoms with Crippen LogP contribution >= 0.6 is 0 Å². The van der Waals surface area contributed by atoms with Crippen molar-refractivity contribution < 1.29 is 23.8 Å². The van der Waals surface area contributed by atoms with Crippen LogP contribution in [0.3, 0.4) is 0 Å². The molecule has 0 aliphatic rings. The molecule has 0 radical (unpaired) electrons. The standard InChI is InChI=1S/C24H32N2O5/c1-16(2)7-6-14-31-22-15-20(12-13-21(22)29-4)26-24(28)25-17(3)18-8-10-19(11-9-18)23(27)30-5/h8-13,15-17H,6-7,14H2,1-5H3,(H2,25,26,28). The molecule has 0 aliphatic carbocycles. The van der Waals surface area contributed by atoms with Gasteiger partial charge in [-0.05, 0) is 55.5 Å². The van der Waals surface area contributed by atoms with Crippen molar-refractivity contribution >= 4 is 17.7 Å². The van der Waals surface area contributed by atoms with E-state index in [4.69, 9.17) is 14.2 Å². The minimum atomic E-state index is -0.397. The fraction of sp³-hybridized carbons (Fsp3) is 0.417. The van der Waals surface area contributed by atoms with E-state index in [2.05, 4.69) is 24.5 Å². The molecular weight excluding hydrogens is 396 g/mol. The van der Waals surface area contributed by atoms with E-state index < -0.39 is 5.97 Å². The maximum absolute atomic E-state index is 12.5. The third kappa shape index (κ3) is 7.51. The lowest BCUT2D eigenvalue weighted by Gasteiger charge is -2.17. The van der Waals surface area contributed by atoms with E-state index in [0.29, 0.717) is 35.3 Å². The molecule has 168 valence electrons. The van der Waals surface area contributed by atoms with E-state index >= 15 is 0 Å². The molecule has 2 amide bonds. The number of carbonyl (C=O) groups is 2. The van der Waals surface area contributed by atoms with E-state index in [-0.39, 0.29) is 12.1 Å². The van der Waals surface area contributed by atoms with Crippen LogP contribution in [0.5, 0.6) is 11.5 Å². The number of anilines is 1. The zero-order chi connectivity index (χ0) is 22.8. The van der Waals surface area contributed by atoms with Crippen molar-refractivity contribution in [2.45, 2.75) is 39.7 Å². The molecule has 0 bridgehead atoms. The summed E-state index contributed by atoms with van der Waals surface area (Å²) in [5, 5.41) is 5.70. The SMILES string of the molecule is COC(=O)c1ccc(C(C)NC(=O)Nc2ccc(OC)c(OCCCC(C)C)c2)cc1. The molecular formula is C24H32N2O5. The number of carbonyl (C=O) groups excluding carboxylic acids is 2. The van der Waals surface area contributed by atoms with E-state index in [1.54, 1.807) is 49.6 Å². The van der Waals surface area contributed by atoms with Crippen molar-refractivity contribution in [2.75, 3.05) is 26.1 Å². The van der Waals surface area contributed by atoms with Crippen LogP contribution in [0.1, 0.15) is 55.6 Å². The van der Waals surface area contributed by atoms with Crippen molar-refractivity contribution in [2.24, 2.45) is 5.92 Å². The Balaban J connectivity index is 1.96. The van der Waals surface area contributed by atoms with E-state index in [9.17, 15) is 9.59 Å². The lowest BCUT2D eigenvalue weighted by atomic mass is 10.1. The number of esters is 1. The van der Waals surface area contributed by atoms with Crippen molar-refractivity contribution in [3.63, 3.8) is 0 Å². The Hall–Kier alpha value is -3.22. The number of benzene rings is 2. The van der Waals surface area contributed by atoms with Gasteiger partial charge in [0, 0.05) is 11.8 Å². The zero-order valence-electron chi connectivity index (χ0n) is 18.9. The average molecular weight is 429 g/mol. The summed E-state index contributed by atoms with van der Waals surface area (Å²) >= 11 is 0. The molecule has 2 rings (SSSR count). The monoisotopic (exact) mass is 428 g/mol. The van der Waals surface area contributed by atoms with Gasteiger partial charge in [-0.25, -0.2) is 9.59 Å². The largest absolute Gasteiger partial charge is 0.493 e. The van der Waals surface area contributed by atoms with E-state index in [1.807, 2.05) is 6.92 Å². The summed E-state index contributed by atoms with van der Waals surface area (Å²) in [5.41, 5.74) is 1.93. The van der Waals surface area contributed by atoms with Crippen molar-refractivity contribution in [1.29, 1.82) is 0 Å². The van der Waals surface area contributed by atoms with Gasteiger partial charge in [0.2, 0.25) is 0 Å². The highest BCUT2D eigenvalue weighted by Crippen LogP contribution is 2.30. The fourth-order valence-corrected chi connectivity index (χ4v) is 3.01. The second kappa shape index (κ2) is 11.8. The van der Waals surface area contributed by atoms with Crippen LogP contribution in [0, 0.1) is 5.92 Å². The molecule has 0 saturated carbocycles.